The molecule has 2 atom stereocenters. The molecule has 0 radical (unpaired) electrons. The molecular formula is C13H24N2O2. The Morgan fingerprint density at radius 2 is 1.94 bits per heavy atom. The summed E-state index contributed by atoms with van der Waals surface area (Å²) >= 11 is 0. The quantitative estimate of drug-likeness (QED) is 0.666. The Bertz CT molecular complexity index is 252. The summed E-state index contributed by atoms with van der Waals surface area (Å²) in [5.74, 6) is 0.666. The molecule has 0 saturated heterocycles. The van der Waals surface area contributed by atoms with Crippen molar-refractivity contribution in [2.75, 3.05) is 13.1 Å². The molecule has 2 aliphatic rings. The summed E-state index contributed by atoms with van der Waals surface area (Å²) in [6.07, 6.45) is 7.54. The van der Waals surface area contributed by atoms with E-state index >= 15 is 0 Å². The molecule has 2 unspecified atom stereocenters. The first-order valence-electron chi connectivity index (χ1n) is 6.92. The Kier molecular flexibility index (Phi) is 4.80. The molecule has 0 aliphatic heterocycles. The van der Waals surface area contributed by atoms with Gasteiger partial charge in [-0.3, -0.25) is 4.79 Å². The van der Waals surface area contributed by atoms with E-state index in [4.69, 9.17) is 0 Å². The summed E-state index contributed by atoms with van der Waals surface area (Å²) in [7, 11) is 0. The van der Waals surface area contributed by atoms with Crippen molar-refractivity contribution in [3.8, 4) is 0 Å². The average molecular weight is 240 g/mol. The Labute approximate surface area is 103 Å². The molecule has 4 nitrogen and oxygen atoms in total. The lowest BCUT2D eigenvalue weighted by Gasteiger charge is -2.14. The highest BCUT2D eigenvalue weighted by atomic mass is 16.3. The zero-order valence-electron chi connectivity index (χ0n) is 10.5. The van der Waals surface area contributed by atoms with Gasteiger partial charge in [0.2, 0.25) is 5.91 Å². The summed E-state index contributed by atoms with van der Waals surface area (Å²) in [6, 6.07) is 0.414. The number of aliphatic hydroxyl groups is 1. The summed E-state index contributed by atoms with van der Waals surface area (Å²) in [5.41, 5.74) is 0. The Hall–Kier alpha value is -0.610. The number of amides is 1. The van der Waals surface area contributed by atoms with Gasteiger partial charge >= 0.3 is 0 Å². The van der Waals surface area contributed by atoms with Gasteiger partial charge in [0.25, 0.3) is 0 Å². The van der Waals surface area contributed by atoms with Crippen LogP contribution in [0.2, 0.25) is 0 Å². The molecule has 0 aromatic carbocycles. The second-order valence-corrected chi connectivity index (χ2v) is 5.51. The highest BCUT2D eigenvalue weighted by molar-refractivity contribution is 5.78. The maximum absolute atomic E-state index is 11.6. The molecule has 4 heteroatoms. The van der Waals surface area contributed by atoms with Crippen LogP contribution in [0.15, 0.2) is 0 Å². The van der Waals surface area contributed by atoms with Gasteiger partial charge in [-0.1, -0.05) is 12.8 Å². The lowest BCUT2D eigenvalue weighted by molar-refractivity contribution is -0.120. The van der Waals surface area contributed by atoms with Crippen molar-refractivity contribution in [3.05, 3.63) is 0 Å². The zero-order chi connectivity index (χ0) is 12.1. The molecule has 2 rings (SSSR count). The van der Waals surface area contributed by atoms with Crippen LogP contribution in [0.25, 0.3) is 0 Å². The van der Waals surface area contributed by atoms with Gasteiger partial charge in [0, 0.05) is 6.04 Å². The van der Waals surface area contributed by atoms with Crippen molar-refractivity contribution < 1.29 is 9.90 Å². The van der Waals surface area contributed by atoms with Crippen LogP contribution in [-0.2, 0) is 4.79 Å². The molecule has 2 saturated carbocycles. The van der Waals surface area contributed by atoms with Gasteiger partial charge < -0.3 is 15.7 Å². The fourth-order valence-electron chi connectivity index (χ4n) is 2.97. The zero-order valence-corrected chi connectivity index (χ0v) is 10.5. The number of rotatable bonds is 5. The van der Waals surface area contributed by atoms with Crippen molar-refractivity contribution in [2.24, 2.45) is 5.92 Å². The number of carbonyl (C=O) groups excluding carboxylic acids is 1. The highest BCUT2D eigenvalue weighted by Crippen LogP contribution is 2.24. The lowest BCUT2D eigenvalue weighted by Crippen LogP contribution is -2.40. The van der Waals surface area contributed by atoms with Gasteiger partial charge in [-0.15, -0.1) is 0 Å². The Morgan fingerprint density at radius 3 is 2.59 bits per heavy atom. The molecule has 0 heterocycles. The van der Waals surface area contributed by atoms with Crippen LogP contribution in [0.1, 0.15) is 44.9 Å². The topological polar surface area (TPSA) is 61.4 Å². The molecule has 0 spiro atoms. The first kappa shape index (κ1) is 12.8. The van der Waals surface area contributed by atoms with Crippen LogP contribution in [0.4, 0.5) is 0 Å². The number of carbonyl (C=O) groups is 1. The van der Waals surface area contributed by atoms with E-state index in [1.165, 1.54) is 12.8 Å². The Morgan fingerprint density at radius 1 is 1.18 bits per heavy atom. The average Bonchev–Trinajstić information content (AvgIpc) is 2.90. The molecule has 0 aromatic rings. The maximum atomic E-state index is 11.6. The summed E-state index contributed by atoms with van der Waals surface area (Å²) in [5, 5.41) is 15.7. The molecular weight excluding hydrogens is 216 g/mol. The largest absolute Gasteiger partial charge is 0.393 e. The number of hydrogen-bond acceptors (Lipinski definition) is 3. The molecule has 0 bridgehead atoms. The summed E-state index contributed by atoms with van der Waals surface area (Å²) < 4.78 is 0. The van der Waals surface area contributed by atoms with E-state index in [9.17, 15) is 9.90 Å². The van der Waals surface area contributed by atoms with E-state index in [1.807, 2.05) is 0 Å². The molecule has 2 aliphatic carbocycles. The SMILES string of the molecule is O=C(CNCC1CCC(O)C1)NC1CCCC1. The third kappa shape index (κ3) is 4.28. The van der Waals surface area contributed by atoms with Crippen LogP contribution in [-0.4, -0.2) is 36.2 Å². The van der Waals surface area contributed by atoms with Crippen molar-refractivity contribution in [1.82, 2.24) is 10.6 Å². The molecule has 17 heavy (non-hydrogen) atoms. The van der Waals surface area contributed by atoms with Crippen LogP contribution >= 0.6 is 0 Å². The minimum absolute atomic E-state index is 0.117. The van der Waals surface area contributed by atoms with E-state index in [2.05, 4.69) is 10.6 Å². The molecule has 0 aromatic heterocycles. The number of hydrogen-bond donors (Lipinski definition) is 3. The maximum Gasteiger partial charge on any atom is 0.234 e. The summed E-state index contributed by atoms with van der Waals surface area (Å²) in [6.45, 7) is 1.28. The van der Waals surface area contributed by atoms with Gasteiger partial charge in [0.15, 0.2) is 0 Å². The number of nitrogens with one attached hydrogen (secondary N) is 2. The monoisotopic (exact) mass is 240 g/mol. The summed E-state index contributed by atoms with van der Waals surface area (Å²) in [4.78, 5) is 11.6. The molecule has 2 fully saturated rings. The minimum atomic E-state index is -0.117. The molecule has 1 amide bonds. The fraction of sp³-hybridized carbons (Fsp3) is 0.923. The Balaban J connectivity index is 1.53. The predicted molar refractivity (Wildman–Crippen MR) is 66.6 cm³/mol. The van der Waals surface area contributed by atoms with E-state index in [0.29, 0.717) is 18.5 Å². The van der Waals surface area contributed by atoms with Crippen LogP contribution < -0.4 is 10.6 Å². The second kappa shape index (κ2) is 6.36. The highest BCUT2D eigenvalue weighted by Gasteiger charge is 2.22. The number of aliphatic hydroxyl groups excluding tert-OH is 1. The lowest BCUT2D eigenvalue weighted by atomic mass is 10.1. The first-order valence-corrected chi connectivity index (χ1v) is 6.92. The molecule has 3 N–H and O–H groups in total. The first-order chi connectivity index (χ1) is 8.24. The van der Waals surface area contributed by atoms with E-state index in [1.54, 1.807) is 0 Å². The van der Waals surface area contributed by atoms with Crippen molar-refractivity contribution in [3.63, 3.8) is 0 Å². The normalized spacial score (nSPS) is 29.7. The van der Waals surface area contributed by atoms with Gasteiger partial charge in [0.1, 0.15) is 0 Å². The van der Waals surface area contributed by atoms with Crippen molar-refractivity contribution in [1.29, 1.82) is 0 Å². The van der Waals surface area contributed by atoms with Gasteiger partial charge in [-0.2, -0.15) is 0 Å². The van der Waals surface area contributed by atoms with E-state index in [-0.39, 0.29) is 12.0 Å². The van der Waals surface area contributed by atoms with E-state index < -0.39 is 0 Å². The fourth-order valence-corrected chi connectivity index (χ4v) is 2.97. The van der Waals surface area contributed by atoms with Crippen molar-refractivity contribution >= 4 is 5.91 Å². The second-order valence-electron chi connectivity index (χ2n) is 5.51. The molecule has 98 valence electrons. The van der Waals surface area contributed by atoms with Crippen LogP contribution in [0.3, 0.4) is 0 Å². The third-order valence-electron chi connectivity index (χ3n) is 3.95. The van der Waals surface area contributed by atoms with Crippen molar-refractivity contribution in [2.45, 2.75) is 57.1 Å². The predicted octanol–water partition coefficient (Wildman–Crippen LogP) is 0.796. The van der Waals surface area contributed by atoms with Crippen LogP contribution in [0, 0.1) is 5.92 Å². The van der Waals surface area contributed by atoms with Gasteiger partial charge in [-0.05, 0) is 44.6 Å². The van der Waals surface area contributed by atoms with Gasteiger partial charge in [-0.25, -0.2) is 0 Å². The van der Waals surface area contributed by atoms with Crippen LogP contribution in [0.5, 0.6) is 0 Å². The minimum Gasteiger partial charge on any atom is -0.393 e. The smallest absolute Gasteiger partial charge is 0.234 e. The third-order valence-corrected chi connectivity index (χ3v) is 3.95. The van der Waals surface area contributed by atoms with Gasteiger partial charge in [0.05, 0.1) is 12.6 Å². The standard InChI is InChI=1S/C13H24N2O2/c16-12-6-5-10(7-12)8-14-9-13(17)15-11-3-1-2-4-11/h10-12,14,16H,1-9H2,(H,15,17). The van der Waals surface area contributed by atoms with E-state index in [0.717, 1.165) is 38.6 Å².